The van der Waals surface area contributed by atoms with Crippen molar-refractivity contribution in [2.75, 3.05) is 5.32 Å². The minimum Gasteiger partial charge on any atom is -0.355 e. The molecule has 10 aromatic rings. The molecule has 0 spiro atoms. The molecule has 0 saturated heterocycles. The van der Waals surface area contributed by atoms with Crippen LogP contribution in [-0.4, -0.2) is 0 Å². The van der Waals surface area contributed by atoms with Gasteiger partial charge in [0.25, 0.3) is 0 Å². The molecule has 0 atom stereocenters. The van der Waals surface area contributed by atoms with Crippen molar-refractivity contribution in [2.24, 2.45) is 0 Å². The summed E-state index contributed by atoms with van der Waals surface area (Å²) in [7, 11) is 0. The fourth-order valence-corrected chi connectivity index (χ4v) is 7.71. The second-order valence-corrected chi connectivity index (χ2v) is 14.0. The molecule has 0 amide bonds. The van der Waals surface area contributed by atoms with Crippen molar-refractivity contribution in [2.45, 2.75) is 0 Å². The van der Waals surface area contributed by atoms with Gasteiger partial charge in [0.2, 0.25) is 0 Å². The average Bonchev–Trinajstić information content (AvgIpc) is 3.22. The van der Waals surface area contributed by atoms with Crippen LogP contribution < -0.4 is 5.32 Å². The molecule has 1 N–H and O–H groups in total. The molecule has 0 fully saturated rings. The molecule has 10 aromatic carbocycles. The number of hydrogen-bond donors (Lipinski definition) is 1. The van der Waals surface area contributed by atoms with Crippen molar-refractivity contribution in [1.29, 1.82) is 0 Å². The van der Waals surface area contributed by atoms with Crippen LogP contribution in [0.4, 0.5) is 11.4 Å². The van der Waals surface area contributed by atoms with Crippen molar-refractivity contribution >= 4 is 54.5 Å². The summed E-state index contributed by atoms with van der Waals surface area (Å²) in [6.07, 6.45) is 0. The standard InChI is InChI=1S/C52H35N/c1-5-13-39-25-43(21-17-35(39)9-1)47-29-48(44-22-18-36-10-2-6-14-40(36)26-44)32-51(31-47)53-52-33-49(45-23-19-37-11-3-7-15-41(37)27-45)30-50(34-52)46-24-20-38-12-4-8-16-42(38)28-46/h1-34,53H. The molecule has 0 heterocycles. The lowest BCUT2D eigenvalue weighted by molar-refractivity contribution is 1.52. The lowest BCUT2D eigenvalue weighted by Crippen LogP contribution is -1.95. The van der Waals surface area contributed by atoms with Gasteiger partial charge in [0.05, 0.1) is 0 Å². The Labute approximate surface area is 309 Å². The van der Waals surface area contributed by atoms with Gasteiger partial charge >= 0.3 is 0 Å². The minimum absolute atomic E-state index is 1.04. The average molecular weight is 674 g/mol. The molecule has 53 heavy (non-hydrogen) atoms. The molecule has 10 rings (SSSR count). The van der Waals surface area contributed by atoms with Crippen LogP contribution >= 0.6 is 0 Å². The van der Waals surface area contributed by atoms with Crippen LogP contribution in [-0.2, 0) is 0 Å². The molecule has 1 heteroatoms. The maximum atomic E-state index is 3.89. The summed E-state index contributed by atoms with van der Waals surface area (Å²) in [5.74, 6) is 0. The van der Waals surface area contributed by atoms with Crippen LogP contribution in [0.1, 0.15) is 0 Å². The molecule has 248 valence electrons. The van der Waals surface area contributed by atoms with E-state index in [1.807, 2.05) is 0 Å². The lowest BCUT2D eigenvalue weighted by Gasteiger charge is -2.16. The van der Waals surface area contributed by atoms with E-state index in [0.717, 1.165) is 11.4 Å². The minimum atomic E-state index is 1.04. The summed E-state index contributed by atoms with van der Waals surface area (Å²) in [4.78, 5) is 0. The highest BCUT2D eigenvalue weighted by Gasteiger charge is 2.12. The molecule has 0 saturated carbocycles. The number of benzene rings is 10. The fourth-order valence-electron chi connectivity index (χ4n) is 7.71. The molecule has 0 bridgehead atoms. The molecule has 0 aromatic heterocycles. The number of fused-ring (bicyclic) bond motifs is 4. The van der Waals surface area contributed by atoms with Crippen LogP contribution in [0.15, 0.2) is 206 Å². The zero-order chi connectivity index (χ0) is 35.1. The molecular formula is C52H35N. The predicted octanol–water partition coefficient (Wildman–Crippen LogP) is 14.7. The molecule has 0 radical (unpaired) electrons. The Kier molecular flexibility index (Phi) is 7.55. The number of nitrogens with one attached hydrogen (secondary N) is 1. The monoisotopic (exact) mass is 673 g/mol. The van der Waals surface area contributed by atoms with Crippen LogP contribution in [0.25, 0.3) is 87.6 Å². The summed E-state index contributed by atoms with van der Waals surface area (Å²) in [6, 6.07) is 75.2. The van der Waals surface area contributed by atoms with Crippen molar-refractivity contribution in [3.05, 3.63) is 206 Å². The van der Waals surface area contributed by atoms with E-state index in [9.17, 15) is 0 Å². The van der Waals surface area contributed by atoms with E-state index in [1.165, 1.54) is 87.6 Å². The van der Waals surface area contributed by atoms with Gasteiger partial charge in [-0.3, -0.25) is 0 Å². The summed E-state index contributed by atoms with van der Waals surface area (Å²) < 4.78 is 0. The highest BCUT2D eigenvalue weighted by Crippen LogP contribution is 2.38. The third kappa shape index (κ3) is 6.09. The van der Waals surface area contributed by atoms with Crippen molar-refractivity contribution in [1.82, 2.24) is 0 Å². The zero-order valence-electron chi connectivity index (χ0n) is 29.1. The third-order valence-corrected chi connectivity index (χ3v) is 10.5. The van der Waals surface area contributed by atoms with Gasteiger partial charge in [-0.25, -0.2) is 0 Å². The Balaban J connectivity index is 1.13. The van der Waals surface area contributed by atoms with E-state index in [0.29, 0.717) is 0 Å². The first-order valence-corrected chi connectivity index (χ1v) is 18.2. The second kappa shape index (κ2) is 13.0. The topological polar surface area (TPSA) is 12.0 Å². The van der Waals surface area contributed by atoms with Gasteiger partial charge in [-0.2, -0.15) is 0 Å². The van der Waals surface area contributed by atoms with E-state index in [4.69, 9.17) is 0 Å². The van der Waals surface area contributed by atoms with Crippen molar-refractivity contribution in [3.8, 4) is 44.5 Å². The largest absolute Gasteiger partial charge is 0.355 e. The molecule has 0 aliphatic heterocycles. The maximum Gasteiger partial charge on any atom is 0.0396 e. The van der Waals surface area contributed by atoms with E-state index < -0.39 is 0 Å². The summed E-state index contributed by atoms with van der Waals surface area (Å²) in [6.45, 7) is 0. The Morgan fingerprint density at radius 1 is 0.189 bits per heavy atom. The van der Waals surface area contributed by atoms with Gasteiger partial charge in [-0.05, 0) is 148 Å². The molecule has 1 nitrogen and oxygen atoms in total. The molecular weight excluding hydrogens is 639 g/mol. The Bertz CT molecular complexity index is 2590. The van der Waals surface area contributed by atoms with Gasteiger partial charge in [0, 0.05) is 11.4 Å². The third-order valence-electron chi connectivity index (χ3n) is 10.5. The van der Waals surface area contributed by atoms with Crippen LogP contribution in [0.5, 0.6) is 0 Å². The molecule has 0 aliphatic rings. The van der Waals surface area contributed by atoms with Gasteiger partial charge in [-0.1, -0.05) is 146 Å². The Morgan fingerprint density at radius 2 is 0.434 bits per heavy atom. The maximum absolute atomic E-state index is 3.89. The predicted molar refractivity (Wildman–Crippen MR) is 228 cm³/mol. The summed E-state index contributed by atoms with van der Waals surface area (Å²) in [5.41, 5.74) is 11.5. The van der Waals surface area contributed by atoms with E-state index in [1.54, 1.807) is 0 Å². The van der Waals surface area contributed by atoms with Gasteiger partial charge in [0.1, 0.15) is 0 Å². The summed E-state index contributed by atoms with van der Waals surface area (Å²) >= 11 is 0. The van der Waals surface area contributed by atoms with Gasteiger partial charge in [-0.15, -0.1) is 0 Å². The lowest BCUT2D eigenvalue weighted by atomic mass is 9.94. The summed E-state index contributed by atoms with van der Waals surface area (Å²) in [5, 5.41) is 13.8. The molecule has 0 unspecified atom stereocenters. The van der Waals surface area contributed by atoms with Crippen LogP contribution in [0.3, 0.4) is 0 Å². The number of rotatable bonds is 6. The Morgan fingerprint density at radius 3 is 0.698 bits per heavy atom. The van der Waals surface area contributed by atoms with Crippen LogP contribution in [0, 0.1) is 0 Å². The van der Waals surface area contributed by atoms with Crippen molar-refractivity contribution < 1.29 is 0 Å². The van der Waals surface area contributed by atoms with Gasteiger partial charge < -0.3 is 5.32 Å². The second-order valence-electron chi connectivity index (χ2n) is 14.0. The van der Waals surface area contributed by atoms with Crippen LogP contribution in [0.2, 0.25) is 0 Å². The van der Waals surface area contributed by atoms with Crippen molar-refractivity contribution in [3.63, 3.8) is 0 Å². The first-order chi connectivity index (χ1) is 26.2. The van der Waals surface area contributed by atoms with E-state index in [2.05, 4.69) is 212 Å². The fraction of sp³-hybridized carbons (Fsp3) is 0. The zero-order valence-corrected chi connectivity index (χ0v) is 29.1. The SMILES string of the molecule is c1ccc2cc(-c3cc(Nc4cc(-c5ccc6ccccc6c5)cc(-c5ccc6ccccc6c5)c4)cc(-c4ccc5ccccc5c4)c3)ccc2c1. The number of anilines is 2. The highest BCUT2D eigenvalue weighted by atomic mass is 14.9. The van der Waals surface area contributed by atoms with Gasteiger partial charge in [0.15, 0.2) is 0 Å². The smallest absolute Gasteiger partial charge is 0.0396 e. The highest BCUT2D eigenvalue weighted by molar-refractivity contribution is 5.94. The normalized spacial score (nSPS) is 11.4. The van der Waals surface area contributed by atoms with E-state index >= 15 is 0 Å². The Hall–Kier alpha value is -6.96. The first-order valence-electron chi connectivity index (χ1n) is 18.2. The number of hydrogen-bond acceptors (Lipinski definition) is 1. The quantitative estimate of drug-likeness (QED) is 0.185. The first kappa shape index (κ1) is 30.8. The van der Waals surface area contributed by atoms with E-state index in [-0.39, 0.29) is 0 Å². The molecule has 0 aliphatic carbocycles.